The van der Waals surface area contributed by atoms with Crippen LogP contribution < -0.4 is 9.47 Å². The van der Waals surface area contributed by atoms with Gasteiger partial charge in [-0.3, -0.25) is 20.0 Å². The Balaban J connectivity index is 1.54. The average Bonchev–Trinajstić information content (AvgIpc) is 3.29. The summed E-state index contributed by atoms with van der Waals surface area (Å²) in [4.78, 5) is 37.1. The van der Waals surface area contributed by atoms with Crippen LogP contribution >= 0.6 is 0 Å². The summed E-state index contributed by atoms with van der Waals surface area (Å²) in [5.41, 5.74) is 4.57. The molecule has 6 atom stereocenters. The number of hydrogen-bond acceptors (Lipinski definition) is 14. The maximum absolute atomic E-state index is 14.0. The number of amides is 1. The van der Waals surface area contributed by atoms with Crippen molar-refractivity contribution in [3.8, 4) is 11.5 Å². The first-order valence-corrected chi connectivity index (χ1v) is 21.7. The summed E-state index contributed by atoms with van der Waals surface area (Å²) in [6.07, 6.45) is 7.60. The second-order valence-corrected chi connectivity index (χ2v) is 16.0. The number of aryl methyl sites for hydroxylation is 1. The number of ether oxygens (including phenoxy) is 5. The number of nitro benzene ring substituents is 1. The van der Waals surface area contributed by atoms with Gasteiger partial charge in [0.05, 0.1) is 55.8 Å². The van der Waals surface area contributed by atoms with E-state index in [0.29, 0.717) is 35.6 Å². The molecule has 0 unspecified atom stereocenters. The van der Waals surface area contributed by atoms with Crippen LogP contribution in [0, 0.1) is 34.8 Å². The average molecular weight is 873 g/mol. The van der Waals surface area contributed by atoms with Crippen LogP contribution in [0.3, 0.4) is 0 Å². The van der Waals surface area contributed by atoms with Crippen LogP contribution in [0.4, 0.5) is 10.5 Å². The molecule has 3 aliphatic rings. The van der Waals surface area contributed by atoms with Crippen molar-refractivity contribution >= 4 is 17.5 Å². The minimum Gasteiger partial charge on any atom is -0.487 e. The molecular weight excluding hydrogens is 813 g/mol. The largest absolute Gasteiger partial charge is 0.487 e. The van der Waals surface area contributed by atoms with Crippen molar-refractivity contribution in [1.82, 2.24) is 9.88 Å². The zero-order valence-electron chi connectivity index (χ0n) is 36.1. The number of aromatic nitrogens is 1. The number of unbranched alkanes of at least 4 members (excludes halogenated alkanes) is 2. The van der Waals surface area contributed by atoms with Crippen molar-refractivity contribution in [3.63, 3.8) is 0 Å². The number of aliphatic hydroxyl groups excluding tert-OH is 3. The van der Waals surface area contributed by atoms with Gasteiger partial charge in [0.2, 0.25) is 5.79 Å². The van der Waals surface area contributed by atoms with Crippen LogP contribution in [0.5, 0.6) is 11.5 Å². The standard InChI is InChI=1S/C47H60N4O12/c1-4-24-61-47-43(50(46(55)58-3)20-25-59-26-23-54)29-41(49-62-30-33-14-16-36(17-15-33)51(56)57)39-27-34(11-5-7-21-52)38(13-6-8-22-53)44(45(39)47)40-28-37(18-19-42(40)63-47)60-31-35-12-9-10-32(2)48-35/h4,9-10,12,14-19,27-28,34,38,43-45,52-54H,1,5-8,11,13,20-26,29-31H2,2-3H3/t34-,38+,43-,44+,45+,47+/m0/s1. The number of benzene rings is 2. The van der Waals surface area contributed by atoms with Crippen LogP contribution in [0.25, 0.3) is 0 Å². The Hall–Kier alpha value is -5.39. The number of rotatable bonds is 24. The predicted molar refractivity (Wildman–Crippen MR) is 233 cm³/mol. The molecule has 1 aromatic heterocycles. The summed E-state index contributed by atoms with van der Waals surface area (Å²) in [7, 11) is 1.31. The van der Waals surface area contributed by atoms with Gasteiger partial charge < -0.3 is 43.8 Å². The van der Waals surface area contributed by atoms with Gasteiger partial charge in [0.15, 0.2) is 0 Å². The van der Waals surface area contributed by atoms with Gasteiger partial charge in [-0.25, -0.2) is 4.79 Å². The molecule has 0 radical (unpaired) electrons. The lowest BCUT2D eigenvalue weighted by Crippen LogP contribution is -2.70. The number of allylic oxidation sites excluding steroid dienone is 1. The molecule has 3 aromatic rings. The monoisotopic (exact) mass is 872 g/mol. The zero-order valence-corrected chi connectivity index (χ0v) is 36.1. The maximum atomic E-state index is 14.0. The lowest BCUT2D eigenvalue weighted by molar-refractivity contribution is -0.384. The molecule has 6 rings (SSSR count). The molecule has 16 nitrogen and oxygen atoms in total. The number of oxime groups is 1. The minimum absolute atomic E-state index is 0.00405. The van der Waals surface area contributed by atoms with Crippen LogP contribution in [-0.4, -0.2) is 107 Å². The molecule has 0 saturated heterocycles. The molecule has 2 aromatic carbocycles. The molecule has 63 heavy (non-hydrogen) atoms. The molecule has 1 amide bonds. The van der Waals surface area contributed by atoms with Crippen LogP contribution in [0.2, 0.25) is 0 Å². The highest BCUT2D eigenvalue weighted by atomic mass is 16.7. The van der Waals surface area contributed by atoms with Gasteiger partial charge in [-0.1, -0.05) is 36.2 Å². The summed E-state index contributed by atoms with van der Waals surface area (Å²) in [5, 5.41) is 45.4. The summed E-state index contributed by atoms with van der Waals surface area (Å²) in [5.74, 6) is -1.26. The Labute approximate surface area is 368 Å². The molecule has 1 saturated carbocycles. The van der Waals surface area contributed by atoms with Crippen molar-refractivity contribution in [2.24, 2.45) is 22.9 Å². The van der Waals surface area contributed by atoms with Crippen molar-refractivity contribution in [3.05, 3.63) is 118 Å². The lowest BCUT2D eigenvalue weighted by atomic mass is 9.55. The molecule has 16 heteroatoms. The van der Waals surface area contributed by atoms with E-state index in [2.05, 4.69) is 17.6 Å². The van der Waals surface area contributed by atoms with Crippen molar-refractivity contribution in [1.29, 1.82) is 0 Å². The van der Waals surface area contributed by atoms with Crippen LogP contribution in [0.15, 0.2) is 90.1 Å². The number of carbonyl (C=O) groups is 1. The Bertz CT molecular complexity index is 2060. The number of fused-ring (bicyclic) bond motifs is 2. The summed E-state index contributed by atoms with van der Waals surface area (Å²) < 4.78 is 31.7. The Morgan fingerprint density at radius 3 is 2.51 bits per heavy atom. The van der Waals surface area contributed by atoms with Gasteiger partial charge in [-0.15, -0.1) is 6.58 Å². The molecule has 1 aliphatic heterocycles. The lowest BCUT2D eigenvalue weighted by Gasteiger charge is -2.59. The molecule has 0 spiro atoms. The molecule has 3 N–H and O–H groups in total. The fourth-order valence-electron chi connectivity index (χ4n) is 9.30. The predicted octanol–water partition coefficient (Wildman–Crippen LogP) is 6.79. The number of non-ortho nitro benzene ring substituents is 1. The number of nitro groups is 1. The molecule has 1 fully saturated rings. The van der Waals surface area contributed by atoms with Gasteiger partial charge in [-0.2, -0.15) is 0 Å². The van der Waals surface area contributed by atoms with E-state index in [0.717, 1.165) is 48.2 Å². The first kappa shape index (κ1) is 47.1. The molecule has 2 heterocycles. The highest BCUT2D eigenvalue weighted by molar-refractivity contribution is 6.03. The van der Waals surface area contributed by atoms with E-state index in [1.807, 2.05) is 43.3 Å². The second-order valence-electron chi connectivity index (χ2n) is 16.0. The van der Waals surface area contributed by atoms with E-state index in [-0.39, 0.29) is 89.3 Å². The SMILES string of the molecule is C=CCO[C@@]12Oc3ccc(OCc4cccc(C)n4)cc3[C@H]3[C@H](CCCCO)[C@@H](CCCCO)C=C(C(=NOCc4ccc([N+](=O)[O-])cc4)C[C@@H]1N(CCOCCO)C(=O)OC)[C@H]32. The fourth-order valence-corrected chi connectivity index (χ4v) is 9.30. The topological polar surface area (TPSA) is 205 Å². The van der Waals surface area contributed by atoms with E-state index >= 15 is 0 Å². The van der Waals surface area contributed by atoms with E-state index in [1.54, 1.807) is 18.2 Å². The van der Waals surface area contributed by atoms with Crippen molar-refractivity contribution < 1.29 is 53.6 Å². The quantitative estimate of drug-likeness (QED) is 0.0368. The number of methoxy groups -OCH3 is 1. The first-order valence-electron chi connectivity index (χ1n) is 21.7. The van der Waals surface area contributed by atoms with E-state index in [9.17, 15) is 30.2 Å². The number of carbonyl (C=O) groups excluding carboxylic acids is 1. The Kier molecular flexibility index (Phi) is 17.1. The maximum Gasteiger partial charge on any atom is 0.410 e. The zero-order chi connectivity index (χ0) is 44.8. The third-order valence-electron chi connectivity index (χ3n) is 12.0. The highest BCUT2D eigenvalue weighted by Gasteiger charge is 2.65. The number of nitrogens with zero attached hydrogens (tertiary/aromatic N) is 4. The smallest absolute Gasteiger partial charge is 0.410 e. The molecular formula is C47H60N4O12. The first-order chi connectivity index (χ1) is 30.7. The van der Waals surface area contributed by atoms with E-state index in [4.69, 9.17) is 33.7 Å². The normalized spacial score (nSPS) is 22.8. The number of pyridine rings is 1. The van der Waals surface area contributed by atoms with E-state index < -0.39 is 28.8 Å². The minimum atomic E-state index is -1.53. The fraction of sp³-hybridized carbons (Fsp3) is 0.511. The summed E-state index contributed by atoms with van der Waals surface area (Å²) in [6.45, 7) is 6.36. The van der Waals surface area contributed by atoms with Crippen LogP contribution in [0.1, 0.15) is 73.4 Å². The molecule has 2 aliphatic carbocycles. The number of aliphatic hydroxyl groups is 3. The van der Waals surface area contributed by atoms with Gasteiger partial charge in [0.1, 0.15) is 30.8 Å². The third kappa shape index (κ3) is 11.2. The molecule has 340 valence electrons. The third-order valence-corrected chi connectivity index (χ3v) is 12.0. The van der Waals surface area contributed by atoms with Gasteiger partial charge in [-0.05, 0) is 98.0 Å². The Morgan fingerprint density at radius 1 is 1.03 bits per heavy atom. The second kappa shape index (κ2) is 22.8. The van der Waals surface area contributed by atoms with Gasteiger partial charge >= 0.3 is 6.09 Å². The van der Waals surface area contributed by atoms with Crippen molar-refractivity contribution in [2.75, 3.05) is 53.3 Å². The van der Waals surface area contributed by atoms with Gasteiger partial charge in [0.25, 0.3) is 5.69 Å². The van der Waals surface area contributed by atoms with Crippen molar-refractivity contribution in [2.45, 2.75) is 82.8 Å². The van der Waals surface area contributed by atoms with E-state index in [1.165, 1.54) is 24.1 Å². The van der Waals surface area contributed by atoms with Gasteiger partial charge in [0, 0.05) is 55.5 Å². The molecule has 0 bridgehead atoms. The van der Waals surface area contributed by atoms with Crippen LogP contribution in [-0.2, 0) is 32.3 Å². The summed E-state index contributed by atoms with van der Waals surface area (Å²) >= 11 is 0. The summed E-state index contributed by atoms with van der Waals surface area (Å²) in [6, 6.07) is 16.7. The highest BCUT2D eigenvalue weighted by Crippen LogP contribution is 2.62. The Morgan fingerprint density at radius 2 is 1.81 bits per heavy atom. The number of hydrogen-bond donors (Lipinski definition) is 3.